The first-order valence-electron chi connectivity index (χ1n) is 12.6. The normalized spacial score (nSPS) is 16.0. The molecule has 3 N–H and O–H groups in total. The fourth-order valence-corrected chi connectivity index (χ4v) is 4.39. The molecule has 0 aromatic heterocycles. The molecular weight excluding hydrogens is 468 g/mol. The molecule has 1 saturated heterocycles. The number of anilines is 1. The minimum Gasteiger partial charge on any atom is -0.341 e. The average Bonchev–Trinajstić information content (AvgIpc) is 3.35. The lowest BCUT2D eigenvalue weighted by molar-refractivity contribution is -0.123. The molecule has 196 valence electrons. The van der Waals surface area contributed by atoms with Crippen molar-refractivity contribution in [3.05, 3.63) is 65.7 Å². The van der Waals surface area contributed by atoms with Crippen molar-refractivity contribution in [1.29, 1.82) is 5.26 Å². The van der Waals surface area contributed by atoms with Crippen LogP contribution in [0.4, 0.5) is 10.5 Å². The predicted octanol–water partition coefficient (Wildman–Crippen LogP) is 3.21. The number of likely N-dealkylation sites (N-methyl/N-ethyl adjacent to an activating group) is 1. The van der Waals surface area contributed by atoms with Crippen LogP contribution in [0.1, 0.15) is 42.6 Å². The van der Waals surface area contributed by atoms with Gasteiger partial charge in [0.25, 0.3) is 5.91 Å². The van der Waals surface area contributed by atoms with Crippen molar-refractivity contribution < 1.29 is 14.4 Å². The summed E-state index contributed by atoms with van der Waals surface area (Å²) in [6, 6.07) is 17.9. The number of nitrogens with one attached hydrogen (secondary N) is 3. The van der Waals surface area contributed by atoms with Crippen LogP contribution in [0, 0.1) is 17.2 Å². The zero-order valence-corrected chi connectivity index (χ0v) is 21.7. The van der Waals surface area contributed by atoms with Gasteiger partial charge in [0.2, 0.25) is 5.91 Å². The molecule has 1 heterocycles. The summed E-state index contributed by atoms with van der Waals surface area (Å²) in [5.74, 6) is -0.597. The number of urea groups is 1. The fraction of sp³-hybridized carbons (Fsp3) is 0.429. The Balaban J connectivity index is 1.52. The molecule has 2 atom stereocenters. The van der Waals surface area contributed by atoms with Crippen molar-refractivity contribution in [1.82, 2.24) is 20.4 Å². The molecule has 0 aliphatic carbocycles. The number of benzene rings is 2. The van der Waals surface area contributed by atoms with Gasteiger partial charge in [0.05, 0.1) is 6.07 Å². The van der Waals surface area contributed by atoms with Gasteiger partial charge in [0, 0.05) is 44.0 Å². The van der Waals surface area contributed by atoms with E-state index in [2.05, 4.69) is 33.0 Å². The van der Waals surface area contributed by atoms with Crippen LogP contribution in [0.5, 0.6) is 0 Å². The second-order valence-corrected chi connectivity index (χ2v) is 9.81. The van der Waals surface area contributed by atoms with Gasteiger partial charge < -0.3 is 20.9 Å². The third kappa shape index (κ3) is 8.33. The lowest BCUT2D eigenvalue weighted by atomic mass is 10.0. The quantitative estimate of drug-likeness (QED) is 0.430. The Morgan fingerprint density at radius 2 is 1.81 bits per heavy atom. The van der Waals surface area contributed by atoms with Gasteiger partial charge in [-0.3, -0.25) is 14.5 Å². The van der Waals surface area contributed by atoms with Crippen LogP contribution in [-0.2, 0) is 11.3 Å². The van der Waals surface area contributed by atoms with Gasteiger partial charge in [-0.25, -0.2) is 4.79 Å². The second kappa shape index (κ2) is 13.4. The van der Waals surface area contributed by atoms with Crippen LogP contribution in [0.25, 0.3) is 0 Å². The summed E-state index contributed by atoms with van der Waals surface area (Å²) >= 11 is 0. The van der Waals surface area contributed by atoms with Crippen LogP contribution in [-0.4, -0.2) is 66.4 Å². The van der Waals surface area contributed by atoms with Gasteiger partial charge in [-0.15, -0.1) is 0 Å². The number of nitrogens with zero attached hydrogens (tertiary/aromatic N) is 3. The van der Waals surface area contributed by atoms with E-state index in [9.17, 15) is 14.4 Å². The minimum atomic E-state index is -0.734. The smallest absolute Gasteiger partial charge is 0.321 e. The molecular formula is C28H36N6O3. The maximum atomic E-state index is 12.8. The Labute approximate surface area is 218 Å². The van der Waals surface area contributed by atoms with Crippen LogP contribution in [0.15, 0.2) is 54.6 Å². The molecule has 1 aliphatic heterocycles. The number of likely N-dealkylation sites (tertiary alicyclic amines) is 1. The van der Waals surface area contributed by atoms with Gasteiger partial charge >= 0.3 is 6.03 Å². The molecule has 0 unspecified atom stereocenters. The SMILES string of the molecule is CC(C)C[C@H](NC(=O)c1ccc(NC(=O)N(C)[C@H]2CCN(Cc3ccccc3)C2)cc1)C(=O)NCC#N. The number of carbonyl (C=O) groups is 3. The largest absolute Gasteiger partial charge is 0.341 e. The number of amides is 4. The molecule has 0 bridgehead atoms. The molecule has 9 nitrogen and oxygen atoms in total. The summed E-state index contributed by atoms with van der Waals surface area (Å²) in [4.78, 5) is 42.0. The molecule has 9 heteroatoms. The maximum absolute atomic E-state index is 12.8. The van der Waals surface area contributed by atoms with Gasteiger partial charge in [-0.05, 0) is 48.6 Å². The van der Waals surface area contributed by atoms with E-state index in [-0.39, 0.29) is 30.4 Å². The van der Waals surface area contributed by atoms with Crippen LogP contribution < -0.4 is 16.0 Å². The third-order valence-corrected chi connectivity index (χ3v) is 6.43. The topological polar surface area (TPSA) is 118 Å². The summed E-state index contributed by atoms with van der Waals surface area (Å²) < 4.78 is 0. The van der Waals surface area contributed by atoms with Crippen LogP contribution in [0.2, 0.25) is 0 Å². The highest BCUT2D eigenvalue weighted by molar-refractivity contribution is 5.98. The Kier molecular flexibility index (Phi) is 10.0. The standard InChI is InChI=1S/C28H36N6O3/c1-20(2)17-25(27(36)30-15-14-29)32-26(35)22-9-11-23(12-10-22)31-28(37)33(3)24-13-16-34(19-24)18-21-7-5-4-6-8-21/h4-12,20,24-25H,13,15-19H2,1-3H3,(H,30,36)(H,31,37)(H,32,35)/t24-,25-/m0/s1. The molecule has 4 amide bonds. The van der Waals surface area contributed by atoms with E-state index in [1.165, 1.54) is 5.56 Å². The summed E-state index contributed by atoms with van der Waals surface area (Å²) in [6.45, 7) is 6.42. The molecule has 1 fully saturated rings. The predicted molar refractivity (Wildman–Crippen MR) is 143 cm³/mol. The zero-order valence-electron chi connectivity index (χ0n) is 21.7. The maximum Gasteiger partial charge on any atom is 0.321 e. The van der Waals surface area contributed by atoms with Gasteiger partial charge in [-0.2, -0.15) is 5.26 Å². The molecule has 3 rings (SSSR count). The Bertz CT molecular complexity index is 1100. The Morgan fingerprint density at radius 3 is 2.46 bits per heavy atom. The van der Waals surface area contributed by atoms with Crippen molar-refractivity contribution in [2.24, 2.45) is 5.92 Å². The Morgan fingerprint density at radius 1 is 1.11 bits per heavy atom. The first kappa shape index (κ1) is 27.7. The summed E-state index contributed by atoms with van der Waals surface area (Å²) in [5, 5.41) is 16.9. The molecule has 0 saturated carbocycles. The van der Waals surface area contributed by atoms with E-state index in [1.807, 2.05) is 38.1 Å². The zero-order chi connectivity index (χ0) is 26.8. The number of rotatable bonds is 10. The van der Waals surface area contributed by atoms with E-state index in [1.54, 1.807) is 36.2 Å². The van der Waals surface area contributed by atoms with E-state index in [0.29, 0.717) is 17.7 Å². The third-order valence-electron chi connectivity index (χ3n) is 6.43. The van der Waals surface area contributed by atoms with Crippen molar-refractivity contribution in [2.75, 3.05) is 32.0 Å². The Hall–Kier alpha value is -3.90. The minimum absolute atomic E-state index is 0.113. The van der Waals surface area contributed by atoms with Crippen molar-refractivity contribution in [2.45, 2.75) is 45.3 Å². The first-order chi connectivity index (χ1) is 17.8. The average molecular weight is 505 g/mol. The molecule has 2 aromatic carbocycles. The monoisotopic (exact) mass is 504 g/mol. The fourth-order valence-electron chi connectivity index (χ4n) is 4.39. The van der Waals surface area contributed by atoms with Crippen LogP contribution in [0.3, 0.4) is 0 Å². The summed E-state index contributed by atoms with van der Waals surface area (Å²) in [6.07, 6.45) is 1.36. The van der Waals surface area contributed by atoms with Gasteiger partial charge in [0.1, 0.15) is 12.6 Å². The number of hydrogen-bond acceptors (Lipinski definition) is 5. The highest BCUT2D eigenvalue weighted by atomic mass is 16.2. The molecule has 0 radical (unpaired) electrons. The van der Waals surface area contributed by atoms with E-state index >= 15 is 0 Å². The van der Waals surface area contributed by atoms with E-state index in [4.69, 9.17) is 5.26 Å². The molecule has 2 aromatic rings. The summed E-state index contributed by atoms with van der Waals surface area (Å²) in [5.41, 5.74) is 2.22. The molecule has 37 heavy (non-hydrogen) atoms. The second-order valence-electron chi connectivity index (χ2n) is 9.81. The lowest BCUT2D eigenvalue weighted by Crippen LogP contribution is -2.47. The number of carbonyl (C=O) groups excluding carboxylic acids is 3. The van der Waals surface area contributed by atoms with Gasteiger partial charge in [0.15, 0.2) is 0 Å². The molecule has 1 aliphatic rings. The number of nitriles is 1. The molecule has 0 spiro atoms. The van der Waals surface area contributed by atoms with E-state index < -0.39 is 11.9 Å². The lowest BCUT2D eigenvalue weighted by Gasteiger charge is -2.25. The summed E-state index contributed by atoms with van der Waals surface area (Å²) in [7, 11) is 1.81. The van der Waals surface area contributed by atoms with Crippen molar-refractivity contribution in [3.63, 3.8) is 0 Å². The highest BCUT2D eigenvalue weighted by Gasteiger charge is 2.28. The van der Waals surface area contributed by atoms with Crippen molar-refractivity contribution in [3.8, 4) is 6.07 Å². The first-order valence-corrected chi connectivity index (χ1v) is 12.6. The van der Waals surface area contributed by atoms with Gasteiger partial charge in [-0.1, -0.05) is 44.2 Å². The van der Waals surface area contributed by atoms with Crippen molar-refractivity contribution >= 4 is 23.5 Å². The van der Waals surface area contributed by atoms with Crippen LogP contribution >= 0.6 is 0 Å². The highest BCUT2D eigenvalue weighted by Crippen LogP contribution is 2.19. The number of hydrogen-bond donors (Lipinski definition) is 3. The van der Waals surface area contributed by atoms with E-state index in [0.717, 1.165) is 26.1 Å².